The lowest BCUT2D eigenvalue weighted by molar-refractivity contribution is -0.148. The number of rotatable bonds is 7. The Balaban J connectivity index is 1.58. The first-order chi connectivity index (χ1) is 19.5. The van der Waals surface area contributed by atoms with Crippen LogP contribution in [0.3, 0.4) is 0 Å². The Morgan fingerprint density at radius 3 is 2.29 bits per heavy atom. The van der Waals surface area contributed by atoms with E-state index in [1.165, 1.54) is 4.90 Å². The van der Waals surface area contributed by atoms with E-state index in [0.29, 0.717) is 25.0 Å². The number of alkyl halides is 3. The van der Waals surface area contributed by atoms with Crippen LogP contribution in [0.5, 0.6) is 0 Å². The number of benzene rings is 1. The van der Waals surface area contributed by atoms with Crippen LogP contribution in [-0.4, -0.2) is 50.4 Å². The number of nitrogens with one attached hydrogen (secondary N) is 1. The molecule has 1 aromatic heterocycles. The molecule has 2 aliphatic rings. The zero-order valence-corrected chi connectivity index (χ0v) is 23.4. The van der Waals surface area contributed by atoms with Gasteiger partial charge in [-0.2, -0.15) is 13.2 Å². The number of amides is 2. The summed E-state index contributed by atoms with van der Waals surface area (Å²) < 4.78 is 89.2. The fourth-order valence-corrected chi connectivity index (χ4v) is 5.35. The Labute approximate surface area is 238 Å². The Hall–Kier alpha value is -3.58. The van der Waals surface area contributed by atoms with Crippen LogP contribution in [0.2, 0.25) is 0 Å². The molecule has 1 N–H and O–H groups in total. The predicted molar refractivity (Wildman–Crippen MR) is 137 cm³/mol. The van der Waals surface area contributed by atoms with Crippen LogP contribution in [-0.2, 0) is 35.2 Å². The normalized spacial score (nSPS) is 16.7. The molecule has 14 heteroatoms. The first kappa shape index (κ1) is 31.4. The number of nitrogens with zero attached hydrogens (tertiary/aromatic N) is 3. The summed E-state index contributed by atoms with van der Waals surface area (Å²) >= 11 is 0. The highest BCUT2D eigenvalue weighted by molar-refractivity contribution is 5.97. The highest BCUT2D eigenvalue weighted by atomic mass is 19.4. The topological polar surface area (TPSA) is 93.5 Å². The van der Waals surface area contributed by atoms with E-state index in [4.69, 9.17) is 4.74 Å². The summed E-state index contributed by atoms with van der Waals surface area (Å²) in [5, 5.41) is 2.45. The molecule has 0 radical (unpaired) electrons. The second-order valence-corrected chi connectivity index (χ2v) is 11.7. The molecule has 1 fully saturated rings. The predicted octanol–water partition coefficient (Wildman–Crippen LogP) is 5.56. The van der Waals surface area contributed by atoms with Gasteiger partial charge in [0.05, 0.1) is 12.2 Å². The number of alkyl carbamates (subject to hydrolysis) is 1. The second kappa shape index (κ2) is 12.0. The first-order valence-corrected chi connectivity index (χ1v) is 13.6. The van der Waals surface area contributed by atoms with Crippen molar-refractivity contribution in [3.8, 4) is 0 Å². The van der Waals surface area contributed by atoms with Crippen molar-refractivity contribution in [2.45, 2.75) is 90.2 Å². The lowest BCUT2D eigenvalue weighted by Crippen LogP contribution is -2.45. The standard InChI is InChI=1S/C28H32F6N4O4/c1-27(2,3)42-26(41)35-17(10-16-11-19(30)20(31)13-18(16)29)12-22(39)37-8-9-38-21(14-37)23(36-25(38)28(32,33)34)24(40)15-6-4-5-7-15/h11,13,15,17H,4-10,12,14H2,1-3H3,(H,35,41)/t17-/m1/s1. The molecule has 1 aliphatic carbocycles. The molecule has 8 nitrogen and oxygen atoms in total. The third-order valence-corrected chi connectivity index (χ3v) is 7.27. The highest BCUT2D eigenvalue weighted by Gasteiger charge is 2.42. The minimum Gasteiger partial charge on any atom is -0.444 e. The maximum atomic E-state index is 14.4. The van der Waals surface area contributed by atoms with Gasteiger partial charge < -0.3 is 19.5 Å². The van der Waals surface area contributed by atoms with Gasteiger partial charge in [0.25, 0.3) is 0 Å². The van der Waals surface area contributed by atoms with Crippen molar-refractivity contribution >= 4 is 17.8 Å². The summed E-state index contributed by atoms with van der Waals surface area (Å²) in [4.78, 5) is 43.9. The number of aromatic nitrogens is 2. The molecule has 2 aromatic rings. The molecule has 1 atom stereocenters. The van der Waals surface area contributed by atoms with E-state index >= 15 is 0 Å². The van der Waals surface area contributed by atoms with Gasteiger partial charge in [0.15, 0.2) is 17.4 Å². The van der Waals surface area contributed by atoms with Gasteiger partial charge >= 0.3 is 12.3 Å². The fourth-order valence-electron chi connectivity index (χ4n) is 5.35. The molecule has 230 valence electrons. The molecular formula is C28H32F6N4O4. The molecule has 42 heavy (non-hydrogen) atoms. The molecule has 4 rings (SSSR count). The van der Waals surface area contributed by atoms with Crippen LogP contribution in [0.25, 0.3) is 0 Å². The molecule has 0 spiro atoms. The number of fused-ring (bicyclic) bond motifs is 1. The van der Waals surface area contributed by atoms with Crippen LogP contribution in [0, 0.1) is 23.4 Å². The molecule has 0 unspecified atom stereocenters. The van der Waals surface area contributed by atoms with Crippen molar-refractivity contribution < 1.29 is 45.5 Å². The largest absolute Gasteiger partial charge is 0.449 e. The molecule has 2 amide bonds. The van der Waals surface area contributed by atoms with Gasteiger partial charge in [-0.1, -0.05) is 12.8 Å². The van der Waals surface area contributed by atoms with Gasteiger partial charge in [-0.3, -0.25) is 9.59 Å². The van der Waals surface area contributed by atoms with Crippen LogP contribution >= 0.6 is 0 Å². The Kier molecular flexibility index (Phi) is 8.93. The molecule has 1 aromatic carbocycles. The van der Waals surface area contributed by atoms with Gasteiger partial charge in [0, 0.05) is 37.5 Å². The third-order valence-electron chi connectivity index (χ3n) is 7.27. The molecule has 1 saturated carbocycles. The maximum Gasteiger partial charge on any atom is 0.449 e. The Morgan fingerprint density at radius 1 is 1.02 bits per heavy atom. The third kappa shape index (κ3) is 7.24. The van der Waals surface area contributed by atoms with Crippen LogP contribution in [0.1, 0.15) is 80.4 Å². The number of halogens is 6. The number of carbonyl (C=O) groups is 3. The van der Waals surface area contributed by atoms with Crippen LogP contribution < -0.4 is 5.32 Å². The number of hydrogen-bond acceptors (Lipinski definition) is 5. The summed E-state index contributed by atoms with van der Waals surface area (Å²) in [6, 6.07) is -0.175. The van der Waals surface area contributed by atoms with Crippen molar-refractivity contribution in [2.75, 3.05) is 6.54 Å². The van der Waals surface area contributed by atoms with E-state index in [1.54, 1.807) is 20.8 Å². The fraction of sp³-hybridized carbons (Fsp3) is 0.571. The van der Waals surface area contributed by atoms with Crippen LogP contribution in [0.4, 0.5) is 31.1 Å². The summed E-state index contributed by atoms with van der Waals surface area (Å²) in [6.07, 6.45) is -3.97. The van der Waals surface area contributed by atoms with E-state index < -0.39 is 77.6 Å². The number of hydrogen-bond donors (Lipinski definition) is 1. The summed E-state index contributed by atoms with van der Waals surface area (Å²) in [5.74, 6) is -6.57. The highest BCUT2D eigenvalue weighted by Crippen LogP contribution is 2.35. The molecular weight excluding hydrogens is 570 g/mol. The smallest absolute Gasteiger partial charge is 0.444 e. The Bertz CT molecular complexity index is 1360. The Morgan fingerprint density at radius 2 is 1.67 bits per heavy atom. The number of ketones is 1. The zero-order valence-electron chi connectivity index (χ0n) is 23.4. The van der Waals surface area contributed by atoms with E-state index in [0.717, 1.165) is 17.4 Å². The second-order valence-electron chi connectivity index (χ2n) is 11.7. The van der Waals surface area contributed by atoms with Gasteiger partial charge in [-0.25, -0.2) is 22.9 Å². The number of Topliss-reactive ketones (excluding diaryl/α,β-unsaturated/α-hetero) is 1. The van der Waals surface area contributed by atoms with Gasteiger partial charge in [0.1, 0.15) is 17.1 Å². The number of ether oxygens (including phenoxy) is 1. The quantitative estimate of drug-likeness (QED) is 0.255. The molecule has 2 heterocycles. The summed E-state index contributed by atoms with van der Waals surface area (Å²) in [6.45, 7) is 4.02. The van der Waals surface area contributed by atoms with Crippen LogP contribution in [0.15, 0.2) is 12.1 Å². The molecule has 0 bridgehead atoms. The van der Waals surface area contributed by atoms with Gasteiger partial charge in [-0.15, -0.1) is 0 Å². The minimum absolute atomic E-state index is 0.0258. The SMILES string of the molecule is CC(C)(C)OC(=O)N[C@@H](CC(=O)N1CCn2c(C(F)(F)F)nc(C(=O)C3CCCC3)c2C1)Cc1cc(F)c(F)cc1F. The summed E-state index contributed by atoms with van der Waals surface area (Å²) in [5.41, 5.74) is -1.56. The average molecular weight is 603 g/mol. The van der Waals surface area contributed by atoms with Gasteiger partial charge in [-0.05, 0) is 51.7 Å². The minimum atomic E-state index is -4.81. The maximum absolute atomic E-state index is 14.4. The lowest BCUT2D eigenvalue weighted by Gasteiger charge is -2.31. The first-order valence-electron chi connectivity index (χ1n) is 13.6. The van der Waals surface area contributed by atoms with Crippen molar-refractivity contribution in [1.82, 2.24) is 19.8 Å². The van der Waals surface area contributed by atoms with E-state index in [9.17, 15) is 40.7 Å². The zero-order chi connectivity index (χ0) is 31.0. The van der Waals surface area contributed by atoms with E-state index in [-0.39, 0.29) is 36.6 Å². The number of carbonyl (C=O) groups excluding carboxylic acids is 3. The average Bonchev–Trinajstić information content (AvgIpc) is 3.53. The van der Waals surface area contributed by atoms with Gasteiger partial charge in [0.2, 0.25) is 11.7 Å². The lowest BCUT2D eigenvalue weighted by atomic mass is 9.98. The van der Waals surface area contributed by atoms with Crippen molar-refractivity contribution in [3.63, 3.8) is 0 Å². The monoisotopic (exact) mass is 602 g/mol. The van der Waals surface area contributed by atoms with Crippen molar-refractivity contribution in [3.05, 3.63) is 52.4 Å². The molecule has 0 saturated heterocycles. The van der Waals surface area contributed by atoms with Crippen molar-refractivity contribution in [1.29, 1.82) is 0 Å². The van der Waals surface area contributed by atoms with E-state index in [2.05, 4.69) is 10.3 Å². The van der Waals surface area contributed by atoms with E-state index in [1.807, 2.05) is 0 Å². The summed E-state index contributed by atoms with van der Waals surface area (Å²) in [7, 11) is 0. The molecule has 1 aliphatic heterocycles. The van der Waals surface area contributed by atoms with Crippen molar-refractivity contribution in [2.24, 2.45) is 5.92 Å². The number of imidazole rings is 1.